The molecule has 0 radical (unpaired) electrons. The van der Waals surface area contributed by atoms with Crippen molar-refractivity contribution in [2.75, 3.05) is 0 Å². The summed E-state index contributed by atoms with van der Waals surface area (Å²) in [4.78, 5) is 24.8. The van der Waals surface area contributed by atoms with Crippen molar-refractivity contribution >= 4 is 5.97 Å². The fraction of sp³-hybridized carbons (Fsp3) is 0.0909. The van der Waals surface area contributed by atoms with Crippen LogP contribution in [0.5, 0.6) is 0 Å². The molecule has 5 nitrogen and oxygen atoms in total. The van der Waals surface area contributed by atoms with Crippen molar-refractivity contribution < 1.29 is 9.90 Å². The number of benzene rings is 1. The monoisotopic (exact) mass is 218 g/mol. The van der Waals surface area contributed by atoms with Gasteiger partial charge in [0.05, 0.1) is 11.3 Å². The zero-order valence-corrected chi connectivity index (χ0v) is 8.60. The number of rotatable bonds is 2. The summed E-state index contributed by atoms with van der Waals surface area (Å²) < 4.78 is 1.38. The summed E-state index contributed by atoms with van der Waals surface area (Å²) in [5.41, 5.74) is 1.05. The maximum atomic E-state index is 11.4. The number of carbonyl (C=O) groups is 1. The van der Waals surface area contributed by atoms with Crippen molar-refractivity contribution in [2.45, 2.75) is 6.92 Å². The number of aromatic nitrogens is 2. The number of carboxylic acid groups (broad SMARTS) is 1. The first-order valence-corrected chi connectivity index (χ1v) is 4.70. The number of carboxylic acids is 1. The lowest BCUT2D eigenvalue weighted by Gasteiger charge is -2.07. The topological polar surface area (TPSA) is 75.1 Å². The second kappa shape index (κ2) is 3.69. The van der Waals surface area contributed by atoms with E-state index in [2.05, 4.69) is 4.98 Å². The van der Waals surface area contributed by atoms with Crippen LogP contribution < -0.4 is 5.69 Å². The predicted molar refractivity (Wildman–Crippen MR) is 58.1 cm³/mol. The molecule has 0 aliphatic rings. The summed E-state index contributed by atoms with van der Waals surface area (Å²) in [7, 11) is 0. The van der Waals surface area contributed by atoms with E-state index in [4.69, 9.17) is 5.11 Å². The highest BCUT2D eigenvalue weighted by Gasteiger charge is 2.11. The first-order chi connectivity index (χ1) is 7.61. The normalized spacial score (nSPS) is 10.3. The Morgan fingerprint density at radius 1 is 1.44 bits per heavy atom. The van der Waals surface area contributed by atoms with Gasteiger partial charge in [0.2, 0.25) is 0 Å². The van der Waals surface area contributed by atoms with E-state index in [-0.39, 0.29) is 11.3 Å². The van der Waals surface area contributed by atoms with Crippen molar-refractivity contribution in [1.82, 2.24) is 9.55 Å². The molecule has 0 bridgehead atoms. The van der Waals surface area contributed by atoms with Crippen LogP contribution in [-0.4, -0.2) is 20.6 Å². The molecule has 0 aliphatic heterocycles. The SMILES string of the molecule is Cc1c(C(=O)O)cccc1-n1cc[nH]c1=O. The Balaban J connectivity index is 2.68. The summed E-state index contributed by atoms with van der Waals surface area (Å²) in [5.74, 6) is -0.997. The Hall–Kier alpha value is -2.30. The van der Waals surface area contributed by atoms with Crippen molar-refractivity contribution in [3.63, 3.8) is 0 Å². The quantitative estimate of drug-likeness (QED) is 0.794. The smallest absolute Gasteiger partial charge is 0.336 e. The summed E-state index contributed by atoms with van der Waals surface area (Å²) in [6, 6.07) is 4.83. The van der Waals surface area contributed by atoms with Gasteiger partial charge in [-0.2, -0.15) is 0 Å². The highest BCUT2D eigenvalue weighted by molar-refractivity contribution is 5.90. The minimum atomic E-state index is -0.997. The molecule has 1 aromatic carbocycles. The molecule has 2 aromatic rings. The second-order valence-corrected chi connectivity index (χ2v) is 3.39. The van der Waals surface area contributed by atoms with E-state index in [9.17, 15) is 9.59 Å². The minimum absolute atomic E-state index is 0.200. The molecule has 0 aliphatic carbocycles. The molecule has 2 rings (SSSR count). The third-order valence-corrected chi connectivity index (χ3v) is 2.44. The number of hydrogen-bond acceptors (Lipinski definition) is 2. The fourth-order valence-corrected chi connectivity index (χ4v) is 1.63. The molecule has 82 valence electrons. The van der Waals surface area contributed by atoms with Crippen LogP contribution in [0.15, 0.2) is 35.4 Å². The first kappa shape index (κ1) is 10.2. The first-order valence-electron chi connectivity index (χ1n) is 4.70. The highest BCUT2D eigenvalue weighted by Crippen LogP contribution is 2.16. The van der Waals surface area contributed by atoms with E-state index in [1.54, 1.807) is 25.3 Å². The van der Waals surface area contributed by atoms with Gasteiger partial charge in [0, 0.05) is 12.4 Å². The van der Waals surface area contributed by atoms with Gasteiger partial charge in [0.1, 0.15) is 0 Å². The minimum Gasteiger partial charge on any atom is -0.478 e. The van der Waals surface area contributed by atoms with Crippen LogP contribution in [0.4, 0.5) is 0 Å². The van der Waals surface area contributed by atoms with Gasteiger partial charge in [-0.05, 0) is 24.6 Å². The van der Waals surface area contributed by atoms with Crippen molar-refractivity contribution in [2.24, 2.45) is 0 Å². The lowest BCUT2D eigenvalue weighted by atomic mass is 10.1. The van der Waals surface area contributed by atoms with E-state index in [1.165, 1.54) is 16.8 Å². The maximum Gasteiger partial charge on any atom is 0.336 e. The zero-order valence-electron chi connectivity index (χ0n) is 8.60. The lowest BCUT2D eigenvalue weighted by Crippen LogP contribution is -2.16. The van der Waals surface area contributed by atoms with Gasteiger partial charge in [-0.25, -0.2) is 9.59 Å². The molecule has 0 unspecified atom stereocenters. The summed E-state index contributed by atoms with van der Waals surface area (Å²) in [5, 5.41) is 8.96. The van der Waals surface area contributed by atoms with Gasteiger partial charge in [-0.15, -0.1) is 0 Å². The van der Waals surface area contributed by atoms with E-state index >= 15 is 0 Å². The van der Waals surface area contributed by atoms with Crippen LogP contribution in [0.3, 0.4) is 0 Å². The molecule has 5 heteroatoms. The van der Waals surface area contributed by atoms with Crippen molar-refractivity contribution in [1.29, 1.82) is 0 Å². The van der Waals surface area contributed by atoms with Crippen LogP contribution in [0.1, 0.15) is 15.9 Å². The number of hydrogen-bond donors (Lipinski definition) is 2. The Morgan fingerprint density at radius 2 is 2.19 bits per heavy atom. The van der Waals surface area contributed by atoms with Gasteiger partial charge in [0.25, 0.3) is 0 Å². The average Bonchev–Trinajstić information content (AvgIpc) is 2.64. The van der Waals surface area contributed by atoms with Crippen LogP contribution in [0, 0.1) is 6.92 Å². The average molecular weight is 218 g/mol. The molecule has 2 N–H and O–H groups in total. The van der Waals surface area contributed by atoms with Crippen molar-refractivity contribution in [3.05, 3.63) is 52.2 Å². The van der Waals surface area contributed by atoms with Gasteiger partial charge < -0.3 is 10.1 Å². The molecule has 0 spiro atoms. The van der Waals surface area contributed by atoms with Gasteiger partial charge in [-0.1, -0.05) is 6.07 Å². The molecule has 0 amide bonds. The Morgan fingerprint density at radius 3 is 2.75 bits per heavy atom. The molecular weight excluding hydrogens is 208 g/mol. The number of nitrogens with one attached hydrogen (secondary N) is 1. The fourth-order valence-electron chi connectivity index (χ4n) is 1.63. The Labute approximate surface area is 91.0 Å². The number of imidazole rings is 1. The van der Waals surface area contributed by atoms with Crippen LogP contribution in [0.2, 0.25) is 0 Å². The van der Waals surface area contributed by atoms with Gasteiger partial charge >= 0.3 is 11.7 Å². The molecule has 0 saturated heterocycles. The standard InChI is InChI=1S/C11H10N2O3/c1-7-8(10(14)15)3-2-4-9(7)13-6-5-12-11(13)16/h2-6H,1H3,(H,12,16)(H,14,15). The van der Waals surface area contributed by atoms with Gasteiger partial charge in [0.15, 0.2) is 0 Å². The molecule has 0 atom stereocenters. The summed E-state index contributed by atoms with van der Waals surface area (Å²) >= 11 is 0. The zero-order chi connectivity index (χ0) is 11.7. The van der Waals surface area contributed by atoms with E-state index in [1.807, 2.05) is 0 Å². The number of nitrogens with zero attached hydrogens (tertiary/aromatic N) is 1. The molecule has 16 heavy (non-hydrogen) atoms. The lowest BCUT2D eigenvalue weighted by molar-refractivity contribution is 0.0696. The number of H-pyrrole nitrogens is 1. The molecule has 0 fully saturated rings. The van der Waals surface area contributed by atoms with Crippen molar-refractivity contribution in [3.8, 4) is 5.69 Å². The van der Waals surface area contributed by atoms with Crippen LogP contribution >= 0.6 is 0 Å². The Kier molecular flexibility index (Phi) is 2.36. The largest absolute Gasteiger partial charge is 0.478 e. The summed E-state index contributed by atoms with van der Waals surface area (Å²) in [6.45, 7) is 1.68. The Bertz CT molecular complexity index is 595. The third kappa shape index (κ3) is 1.52. The molecular formula is C11H10N2O3. The van der Waals surface area contributed by atoms with Gasteiger partial charge in [-0.3, -0.25) is 4.57 Å². The highest BCUT2D eigenvalue weighted by atomic mass is 16.4. The molecule has 0 saturated carbocycles. The third-order valence-electron chi connectivity index (χ3n) is 2.44. The van der Waals surface area contributed by atoms with Crippen LogP contribution in [-0.2, 0) is 0 Å². The van der Waals surface area contributed by atoms with E-state index in [0.29, 0.717) is 11.3 Å². The van der Waals surface area contributed by atoms with Crippen LogP contribution in [0.25, 0.3) is 5.69 Å². The predicted octanol–water partition coefficient (Wildman–Crippen LogP) is 1.17. The summed E-state index contributed by atoms with van der Waals surface area (Å²) in [6.07, 6.45) is 3.07. The van der Waals surface area contributed by atoms with E-state index in [0.717, 1.165) is 0 Å². The molecule has 1 aromatic heterocycles. The molecule has 1 heterocycles. The number of aromatic carboxylic acids is 1. The number of aromatic amines is 1. The maximum absolute atomic E-state index is 11.4. The second-order valence-electron chi connectivity index (χ2n) is 3.39. The van der Waals surface area contributed by atoms with E-state index < -0.39 is 5.97 Å².